The number of carboxylic acid groups (broad SMARTS) is 2. The average Bonchev–Trinajstić information content (AvgIpc) is 2.32. The first-order chi connectivity index (χ1) is 5.48. The Hall–Kier alpha value is -1.26. The second-order valence-corrected chi connectivity index (χ2v) is 3.12. The van der Waals surface area contributed by atoms with E-state index in [0.29, 0.717) is 19.4 Å². The van der Waals surface area contributed by atoms with Crippen molar-refractivity contribution in [3.63, 3.8) is 0 Å². The topological polar surface area (TPSA) is 77.8 Å². The number of nitrogens with zero attached hydrogens (tertiary/aromatic N) is 1. The van der Waals surface area contributed by atoms with Crippen LogP contribution in [0.25, 0.3) is 0 Å². The highest BCUT2D eigenvalue weighted by molar-refractivity contribution is 5.84. The van der Waals surface area contributed by atoms with E-state index in [1.54, 1.807) is 0 Å². The first kappa shape index (κ1) is 8.83. The van der Waals surface area contributed by atoms with E-state index >= 15 is 0 Å². The molecule has 1 rings (SSSR count). The van der Waals surface area contributed by atoms with Crippen molar-refractivity contribution >= 4 is 12.1 Å². The van der Waals surface area contributed by atoms with Crippen LogP contribution >= 0.6 is 0 Å². The van der Waals surface area contributed by atoms with E-state index in [-0.39, 0.29) is 0 Å². The van der Waals surface area contributed by atoms with E-state index in [2.05, 4.69) is 0 Å². The SMILES string of the molecule is C[C@]1(C(=O)O)CCCN1C(=O)O. The number of aliphatic carboxylic acids is 1. The third kappa shape index (κ3) is 1.11. The van der Waals surface area contributed by atoms with Gasteiger partial charge in [0.2, 0.25) is 0 Å². The van der Waals surface area contributed by atoms with Crippen molar-refractivity contribution in [3.8, 4) is 0 Å². The summed E-state index contributed by atoms with van der Waals surface area (Å²) in [5.41, 5.74) is -1.22. The fraction of sp³-hybridized carbons (Fsp3) is 0.714. The molecule has 0 aromatic heterocycles. The lowest BCUT2D eigenvalue weighted by Gasteiger charge is -2.28. The highest BCUT2D eigenvalue weighted by Crippen LogP contribution is 2.28. The van der Waals surface area contributed by atoms with Crippen molar-refractivity contribution in [1.82, 2.24) is 4.90 Å². The van der Waals surface area contributed by atoms with Crippen molar-refractivity contribution in [2.75, 3.05) is 6.54 Å². The molecule has 5 nitrogen and oxygen atoms in total. The first-order valence-electron chi connectivity index (χ1n) is 3.72. The van der Waals surface area contributed by atoms with Gasteiger partial charge in [0.25, 0.3) is 0 Å². The molecule has 0 radical (unpaired) electrons. The zero-order valence-corrected chi connectivity index (χ0v) is 6.78. The fourth-order valence-corrected chi connectivity index (χ4v) is 1.49. The van der Waals surface area contributed by atoms with Crippen molar-refractivity contribution in [2.45, 2.75) is 25.3 Å². The number of carboxylic acids is 1. The summed E-state index contributed by atoms with van der Waals surface area (Å²) in [5, 5.41) is 17.4. The van der Waals surface area contributed by atoms with Gasteiger partial charge in [-0.3, -0.25) is 4.90 Å². The number of rotatable bonds is 1. The zero-order valence-electron chi connectivity index (χ0n) is 6.78. The molecule has 0 spiro atoms. The van der Waals surface area contributed by atoms with Gasteiger partial charge >= 0.3 is 12.1 Å². The summed E-state index contributed by atoms with van der Waals surface area (Å²) in [4.78, 5) is 22.3. The zero-order chi connectivity index (χ0) is 9.35. The molecule has 0 aliphatic carbocycles. The van der Waals surface area contributed by atoms with Gasteiger partial charge in [-0.05, 0) is 19.8 Å². The molecule has 1 heterocycles. The molecule has 2 N–H and O–H groups in total. The van der Waals surface area contributed by atoms with E-state index in [0.717, 1.165) is 4.90 Å². The van der Waals surface area contributed by atoms with Gasteiger partial charge < -0.3 is 10.2 Å². The normalized spacial score (nSPS) is 28.9. The predicted molar refractivity (Wildman–Crippen MR) is 40.0 cm³/mol. The van der Waals surface area contributed by atoms with Crippen LogP contribution in [0.3, 0.4) is 0 Å². The Morgan fingerprint density at radius 3 is 2.33 bits per heavy atom. The van der Waals surface area contributed by atoms with Gasteiger partial charge in [-0.2, -0.15) is 0 Å². The lowest BCUT2D eigenvalue weighted by molar-refractivity contribution is -0.147. The lowest BCUT2D eigenvalue weighted by atomic mass is 10.00. The number of likely N-dealkylation sites (tertiary alicyclic amines) is 1. The number of amides is 1. The van der Waals surface area contributed by atoms with Crippen LogP contribution in [0.1, 0.15) is 19.8 Å². The van der Waals surface area contributed by atoms with Crippen molar-refractivity contribution in [2.24, 2.45) is 0 Å². The van der Waals surface area contributed by atoms with Gasteiger partial charge in [0, 0.05) is 6.54 Å². The maximum atomic E-state index is 10.7. The van der Waals surface area contributed by atoms with Gasteiger partial charge in [0.05, 0.1) is 0 Å². The van der Waals surface area contributed by atoms with Crippen LogP contribution in [0.4, 0.5) is 4.79 Å². The minimum Gasteiger partial charge on any atom is -0.480 e. The van der Waals surface area contributed by atoms with Gasteiger partial charge in [-0.15, -0.1) is 0 Å². The summed E-state index contributed by atoms with van der Waals surface area (Å²) in [7, 11) is 0. The van der Waals surface area contributed by atoms with Crippen molar-refractivity contribution in [1.29, 1.82) is 0 Å². The van der Waals surface area contributed by atoms with E-state index in [1.165, 1.54) is 6.92 Å². The quantitative estimate of drug-likeness (QED) is 0.608. The van der Waals surface area contributed by atoms with Crippen LogP contribution in [-0.2, 0) is 4.79 Å². The molecule has 0 bridgehead atoms. The van der Waals surface area contributed by atoms with Crippen LogP contribution in [0, 0.1) is 0 Å². The molecule has 1 aliphatic heterocycles. The third-order valence-corrected chi connectivity index (χ3v) is 2.33. The summed E-state index contributed by atoms with van der Waals surface area (Å²) in [6.07, 6.45) is -0.138. The molecule has 1 amide bonds. The minimum absolute atomic E-state index is 0.318. The highest BCUT2D eigenvalue weighted by atomic mass is 16.4. The van der Waals surface area contributed by atoms with Crippen LogP contribution in [0.5, 0.6) is 0 Å². The van der Waals surface area contributed by atoms with Crippen LogP contribution in [-0.4, -0.2) is 39.3 Å². The Morgan fingerprint density at radius 2 is 2.00 bits per heavy atom. The summed E-state index contributed by atoms with van der Waals surface area (Å²) in [6.45, 7) is 1.76. The van der Waals surface area contributed by atoms with E-state index < -0.39 is 17.6 Å². The summed E-state index contributed by atoms with van der Waals surface area (Å²) in [5.74, 6) is -1.07. The molecule has 1 fully saturated rings. The number of hydrogen-bond acceptors (Lipinski definition) is 2. The first-order valence-corrected chi connectivity index (χ1v) is 3.72. The monoisotopic (exact) mass is 173 g/mol. The largest absolute Gasteiger partial charge is 0.480 e. The van der Waals surface area contributed by atoms with Gasteiger partial charge in [-0.25, -0.2) is 9.59 Å². The molecule has 1 atom stereocenters. The van der Waals surface area contributed by atoms with Crippen molar-refractivity contribution in [3.05, 3.63) is 0 Å². The van der Waals surface area contributed by atoms with Crippen LogP contribution in [0.2, 0.25) is 0 Å². The fourth-order valence-electron chi connectivity index (χ4n) is 1.49. The average molecular weight is 173 g/mol. The Morgan fingerprint density at radius 1 is 1.42 bits per heavy atom. The molecule has 1 saturated heterocycles. The predicted octanol–water partition coefficient (Wildman–Crippen LogP) is 0.604. The van der Waals surface area contributed by atoms with Gasteiger partial charge in [0.1, 0.15) is 5.54 Å². The maximum Gasteiger partial charge on any atom is 0.408 e. The molecule has 0 aromatic carbocycles. The van der Waals surface area contributed by atoms with Crippen LogP contribution < -0.4 is 0 Å². The summed E-state index contributed by atoms with van der Waals surface area (Å²) >= 11 is 0. The molecule has 12 heavy (non-hydrogen) atoms. The molecule has 1 aliphatic rings. The molecular weight excluding hydrogens is 162 g/mol. The number of carbonyl (C=O) groups is 2. The van der Waals surface area contributed by atoms with E-state index in [4.69, 9.17) is 10.2 Å². The van der Waals surface area contributed by atoms with E-state index in [9.17, 15) is 9.59 Å². The van der Waals surface area contributed by atoms with Crippen LogP contribution in [0.15, 0.2) is 0 Å². The Balaban J connectivity index is 2.89. The van der Waals surface area contributed by atoms with Gasteiger partial charge in [-0.1, -0.05) is 0 Å². The minimum atomic E-state index is -1.22. The standard InChI is InChI=1S/C7H11NO4/c1-7(5(9)10)3-2-4-8(7)6(11)12/h2-4H2,1H3,(H,9,10)(H,11,12)/t7-/m1/s1. The Labute approximate surface area is 69.6 Å². The number of hydrogen-bond donors (Lipinski definition) is 2. The molecule has 0 aromatic rings. The molecule has 0 saturated carbocycles. The van der Waals surface area contributed by atoms with E-state index in [1.807, 2.05) is 0 Å². The highest BCUT2D eigenvalue weighted by Gasteiger charge is 2.46. The second kappa shape index (κ2) is 2.66. The maximum absolute atomic E-state index is 10.7. The smallest absolute Gasteiger partial charge is 0.408 e. The lowest BCUT2D eigenvalue weighted by Crippen LogP contribution is -2.50. The van der Waals surface area contributed by atoms with Gasteiger partial charge in [0.15, 0.2) is 0 Å². The molecule has 0 unspecified atom stereocenters. The second-order valence-electron chi connectivity index (χ2n) is 3.12. The Kier molecular flexibility index (Phi) is 1.95. The molecule has 68 valence electrons. The summed E-state index contributed by atoms with van der Waals surface area (Å²) in [6, 6.07) is 0. The third-order valence-electron chi connectivity index (χ3n) is 2.33. The Bertz CT molecular complexity index is 227. The molecule has 5 heteroatoms. The summed E-state index contributed by atoms with van der Waals surface area (Å²) < 4.78 is 0. The molecular formula is C7H11NO4. The van der Waals surface area contributed by atoms with Crippen molar-refractivity contribution < 1.29 is 19.8 Å².